The number of hydrogen-bond donors (Lipinski definition) is 1. The van der Waals surface area contributed by atoms with Crippen molar-refractivity contribution in [3.63, 3.8) is 0 Å². The highest BCUT2D eigenvalue weighted by Crippen LogP contribution is 2.22. The van der Waals surface area contributed by atoms with Crippen LogP contribution in [0.3, 0.4) is 0 Å². The lowest BCUT2D eigenvalue weighted by atomic mass is 10.2. The van der Waals surface area contributed by atoms with Gasteiger partial charge in [-0.3, -0.25) is 0 Å². The Morgan fingerprint density at radius 3 is 2.53 bits per heavy atom. The number of halogens is 3. The van der Waals surface area contributed by atoms with E-state index in [9.17, 15) is 18.0 Å². The second-order valence-corrected chi connectivity index (χ2v) is 3.37. The van der Waals surface area contributed by atoms with Gasteiger partial charge >= 0.3 is 12.1 Å². The minimum atomic E-state index is -4.21. The first-order valence-corrected chi connectivity index (χ1v) is 4.92. The van der Waals surface area contributed by atoms with Gasteiger partial charge in [-0.15, -0.1) is 0 Å². The van der Waals surface area contributed by atoms with E-state index in [1.807, 2.05) is 0 Å². The fraction of sp³-hybridized carbons (Fsp3) is 0.364. The topological polar surface area (TPSA) is 46.5 Å². The highest BCUT2D eigenvalue weighted by atomic mass is 19.4. The minimum absolute atomic E-state index is 0.0560. The number of ether oxygens (including phenoxy) is 1. The molecule has 0 spiro atoms. The molecule has 0 radical (unpaired) electrons. The maximum atomic E-state index is 11.8. The average Bonchev–Trinajstić information content (AvgIpc) is 2.23. The van der Waals surface area contributed by atoms with Gasteiger partial charge in [0.2, 0.25) is 0 Å². The maximum absolute atomic E-state index is 11.8. The molecular weight excluding hydrogens is 237 g/mol. The number of alkyl halides is 3. The summed E-state index contributed by atoms with van der Waals surface area (Å²) in [7, 11) is 0. The fourth-order valence-corrected chi connectivity index (χ4v) is 1.22. The third-order valence-corrected chi connectivity index (χ3v) is 1.98. The number of carboxylic acid groups (broad SMARTS) is 1. The fourth-order valence-electron chi connectivity index (χ4n) is 1.22. The van der Waals surface area contributed by atoms with Gasteiger partial charge in [0.15, 0.2) is 0 Å². The molecule has 0 saturated heterocycles. The molecule has 6 heteroatoms. The molecule has 0 aliphatic heterocycles. The monoisotopic (exact) mass is 248 g/mol. The number of rotatable bonds is 5. The maximum Gasteiger partial charge on any atom is 0.389 e. The lowest BCUT2D eigenvalue weighted by Crippen LogP contribution is -2.10. The van der Waals surface area contributed by atoms with E-state index in [2.05, 4.69) is 0 Å². The smallest absolute Gasteiger partial charge is 0.389 e. The van der Waals surface area contributed by atoms with Crippen molar-refractivity contribution in [1.29, 1.82) is 0 Å². The summed E-state index contributed by atoms with van der Waals surface area (Å²) >= 11 is 0. The molecule has 0 unspecified atom stereocenters. The van der Waals surface area contributed by atoms with Gasteiger partial charge in [-0.25, -0.2) is 4.79 Å². The van der Waals surface area contributed by atoms with E-state index in [0.717, 1.165) is 0 Å². The van der Waals surface area contributed by atoms with E-state index in [0.29, 0.717) is 0 Å². The summed E-state index contributed by atoms with van der Waals surface area (Å²) in [6.07, 6.45) is -5.35. The van der Waals surface area contributed by atoms with Crippen LogP contribution in [0.25, 0.3) is 0 Å². The van der Waals surface area contributed by atoms with E-state index >= 15 is 0 Å². The van der Waals surface area contributed by atoms with Crippen LogP contribution in [0.4, 0.5) is 13.2 Å². The predicted molar refractivity (Wildman–Crippen MR) is 54.2 cm³/mol. The van der Waals surface area contributed by atoms with Gasteiger partial charge in [-0.1, -0.05) is 12.1 Å². The highest BCUT2D eigenvalue weighted by molar-refractivity contribution is 5.90. The quantitative estimate of drug-likeness (QED) is 0.814. The van der Waals surface area contributed by atoms with Gasteiger partial charge in [-0.05, 0) is 18.6 Å². The molecule has 1 rings (SSSR count). The Balaban J connectivity index is 2.49. The molecule has 0 heterocycles. The third kappa shape index (κ3) is 4.76. The molecule has 3 nitrogen and oxygen atoms in total. The Hall–Kier alpha value is -1.72. The zero-order valence-electron chi connectivity index (χ0n) is 8.83. The molecule has 0 aliphatic carbocycles. The molecule has 0 aromatic heterocycles. The minimum Gasteiger partial charge on any atom is -0.493 e. The van der Waals surface area contributed by atoms with E-state index in [4.69, 9.17) is 9.84 Å². The Morgan fingerprint density at radius 2 is 1.94 bits per heavy atom. The molecule has 94 valence electrons. The van der Waals surface area contributed by atoms with Crippen LogP contribution in [0.15, 0.2) is 24.3 Å². The van der Waals surface area contributed by atoms with E-state index in [1.54, 1.807) is 6.07 Å². The lowest BCUT2D eigenvalue weighted by molar-refractivity contribution is -0.136. The Kier molecular flexibility index (Phi) is 4.37. The number of aromatic carboxylic acids is 1. The third-order valence-electron chi connectivity index (χ3n) is 1.98. The number of carbonyl (C=O) groups is 1. The largest absolute Gasteiger partial charge is 0.493 e. The number of carboxylic acids is 1. The SMILES string of the molecule is O=C(O)c1ccccc1OCCCC(F)(F)F. The first-order valence-electron chi connectivity index (χ1n) is 4.92. The van der Waals surface area contributed by atoms with Crippen molar-refractivity contribution >= 4 is 5.97 Å². The second kappa shape index (κ2) is 5.56. The van der Waals surface area contributed by atoms with Crippen molar-refractivity contribution in [1.82, 2.24) is 0 Å². The average molecular weight is 248 g/mol. The molecular formula is C11H11F3O3. The van der Waals surface area contributed by atoms with Gasteiger partial charge in [0, 0.05) is 6.42 Å². The standard InChI is InChI=1S/C11H11F3O3/c12-11(13,14)6-3-7-17-9-5-2-1-4-8(9)10(15)16/h1-2,4-5H,3,6-7H2,(H,15,16). The Labute approximate surface area is 95.8 Å². The van der Waals surface area contributed by atoms with Crippen molar-refractivity contribution < 1.29 is 27.8 Å². The van der Waals surface area contributed by atoms with Crippen LogP contribution in [0.1, 0.15) is 23.2 Å². The predicted octanol–water partition coefficient (Wildman–Crippen LogP) is 3.11. The number of para-hydroxylation sites is 1. The summed E-state index contributed by atoms with van der Waals surface area (Å²) in [5.41, 5.74) is -0.0560. The summed E-state index contributed by atoms with van der Waals surface area (Å²) < 4.78 is 40.5. The van der Waals surface area contributed by atoms with Crippen LogP contribution in [0.5, 0.6) is 5.75 Å². The van der Waals surface area contributed by atoms with Crippen LogP contribution in [-0.4, -0.2) is 23.9 Å². The number of hydrogen-bond acceptors (Lipinski definition) is 2. The summed E-state index contributed by atoms with van der Waals surface area (Å²) in [4.78, 5) is 10.8. The second-order valence-electron chi connectivity index (χ2n) is 3.37. The van der Waals surface area contributed by atoms with Gasteiger partial charge < -0.3 is 9.84 Å². The molecule has 1 aromatic carbocycles. The first-order chi connectivity index (χ1) is 7.90. The summed E-state index contributed by atoms with van der Waals surface area (Å²) in [6.45, 7) is -0.163. The molecule has 0 bridgehead atoms. The van der Waals surface area contributed by atoms with Gasteiger partial charge in [0.25, 0.3) is 0 Å². The van der Waals surface area contributed by atoms with Crippen LogP contribution in [0.2, 0.25) is 0 Å². The zero-order valence-corrected chi connectivity index (χ0v) is 8.83. The molecule has 0 saturated carbocycles. The lowest BCUT2D eigenvalue weighted by Gasteiger charge is -2.09. The van der Waals surface area contributed by atoms with Gasteiger partial charge in [-0.2, -0.15) is 13.2 Å². The van der Waals surface area contributed by atoms with Crippen molar-refractivity contribution in [2.45, 2.75) is 19.0 Å². The van der Waals surface area contributed by atoms with Crippen molar-refractivity contribution in [3.8, 4) is 5.75 Å². The van der Waals surface area contributed by atoms with Crippen molar-refractivity contribution in [3.05, 3.63) is 29.8 Å². The van der Waals surface area contributed by atoms with E-state index < -0.39 is 18.6 Å². The highest BCUT2D eigenvalue weighted by Gasteiger charge is 2.26. The number of benzene rings is 1. The van der Waals surface area contributed by atoms with Gasteiger partial charge in [0.1, 0.15) is 11.3 Å². The summed E-state index contributed by atoms with van der Waals surface area (Å²) in [5, 5.41) is 8.79. The Morgan fingerprint density at radius 1 is 1.29 bits per heavy atom. The van der Waals surface area contributed by atoms with E-state index in [1.165, 1.54) is 18.2 Å². The molecule has 0 fully saturated rings. The van der Waals surface area contributed by atoms with Crippen LogP contribution < -0.4 is 4.74 Å². The molecule has 0 amide bonds. The van der Waals surface area contributed by atoms with Crippen molar-refractivity contribution in [2.24, 2.45) is 0 Å². The van der Waals surface area contributed by atoms with Crippen LogP contribution >= 0.6 is 0 Å². The normalized spacial score (nSPS) is 11.2. The summed E-state index contributed by atoms with van der Waals surface area (Å²) in [6, 6.07) is 5.83. The summed E-state index contributed by atoms with van der Waals surface area (Å²) in [5.74, 6) is -1.08. The molecule has 17 heavy (non-hydrogen) atoms. The molecule has 1 aromatic rings. The van der Waals surface area contributed by atoms with Gasteiger partial charge in [0.05, 0.1) is 6.61 Å². The van der Waals surface area contributed by atoms with Crippen LogP contribution in [0, 0.1) is 0 Å². The molecule has 1 N–H and O–H groups in total. The molecule has 0 atom stereocenters. The van der Waals surface area contributed by atoms with Crippen molar-refractivity contribution in [2.75, 3.05) is 6.61 Å². The zero-order chi connectivity index (χ0) is 12.9. The van der Waals surface area contributed by atoms with E-state index in [-0.39, 0.29) is 24.3 Å². The Bertz CT molecular complexity index is 388. The first kappa shape index (κ1) is 13.3. The molecule has 0 aliphatic rings. The van der Waals surface area contributed by atoms with Crippen LogP contribution in [-0.2, 0) is 0 Å².